The van der Waals surface area contributed by atoms with Gasteiger partial charge in [0.05, 0.1) is 11.1 Å². The second-order valence-electron chi connectivity index (χ2n) is 4.15. The minimum absolute atomic E-state index is 0.164. The minimum atomic E-state index is -0.232. The number of aromatic nitrogens is 2. The van der Waals surface area contributed by atoms with Crippen LogP contribution in [-0.2, 0) is 9.53 Å². The van der Waals surface area contributed by atoms with E-state index in [2.05, 4.69) is 25.9 Å². The van der Waals surface area contributed by atoms with Gasteiger partial charge in [-0.2, -0.15) is 0 Å². The molecule has 0 N–H and O–H groups in total. The lowest BCUT2D eigenvalue weighted by atomic mass is 10.0. The largest absolute Gasteiger partial charge is 0.464 e. The third-order valence-electron chi connectivity index (χ3n) is 2.98. The number of halogens is 1. The molecule has 0 spiro atoms. The van der Waals surface area contributed by atoms with E-state index in [0.717, 1.165) is 36.1 Å². The maximum absolute atomic E-state index is 12.0. The van der Waals surface area contributed by atoms with E-state index < -0.39 is 0 Å². The number of nitrogens with zero attached hydrogens (tertiary/aromatic N) is 3. The summed E-state index contributed by atoms with van der Waals surface area (Å²) >= 11 is 3.43. The van der Waals surface area contributed by atoms with Gasteiger partial charge in [-0.15, -0.1) is 0 Å². The summed E-state index contributed by atoms with van der Waals surface area (Å²) in [6.45, 7) is 3.05. The van der Waals surface area contributed by atoms with Crippen molar-refractivity contribution in [2.24, 2.45) is 0 Å². The fraction of sp³-hybridized carbons (Fsp3) is 0.583. The first-order valence-corrected chi connectivity index (χ1v) is 6.92. The summed E-state index contributed by atoms with van der Waals surface area (Å²) in [5, 5.41) is 0. The van der Waals surface area contributed by atoms with Crippen LogP contribution in [0.5, 0.6) is 0 Å². The van der Waals surface area contributed by atoms with Crippen molar-refractivity contribution in [3.8, 4) is 0 Å². The van der Waals surface area contributed by atoms with Gasteiger partial charge < -0.3 is 9.64 Å². The van der Waals surface area contributed by atoms with Gasteiger partial charge in [-0.1, -0.05) is 0 Å². The third-order valence-corrected chi connectivity index (χ3v) is 3.54. The van der Waals surface area contributed by atoms with Crippen LogP contribution in [-0.4, -0.2) is 35.1 Å². The Labute approximate surface area is 115 Å². The van der Waals surface area contributed by atoms with Crippen LogP contribution in [0.3, 0.4) is 0 Å². The second kappa shape index (κ2) is 6.13. The predicted molar refractivity (Wildman–Crippen MR) is 71.4 cm³/mol. The normalized spacial score (nSPS) is 19.7. The first-order chi connectivity index (χ1) is 8.74. The lowest BCUT2D eigenvalue weighted by Crippen LogP contribution is -2.46. The summed E-state index contributed by atoms with van der Waals surface area (Å²) in [5.74, 6) is 0.602. The zero-order chi connectivity index (χ0) is 13.0. The molecule has 1 aliphatic rings. The average Bonchev–Trinajstić information content (AvgIpc) is 2.40. The average molecular weight is 314 g/mol. The highest BCUT2D eigenvalue weighted by Crippen LogP contribution is 2.29. The van der Waals surface area contributed by atoms with Gasteiger partial charge in [-0.05, 0) is 42.1 Å². The fourth-order valence-electron chi connectivity index (χ4n) is 2.19. The number of piperidine rings is 1. The number of carbonyl (C=O) groups is 1. The first-order valence-electron chi connectivity index (χ1n) is 6.12. The Balaban J connectivity index is 2.23. The molecule has 6 heteroatoms. The highest BCUT2D eigenvalue weighted by Gasteiger charge is 2.31. The molecule has 2 heterocycles. The second-order valence-corrected chi connectivity index (χ2v) is 5.01. The molecule has 1 fully saturated rings. The maximum Gasteiger partial charge on any atom is 0.328 e. The molecule has 18 heavy (non-hydrogen) atoms. The van der Waals surface area contributed by atoms with Gasteiger partial charge in [0.25, 0.3) is 0 Å². The van der Waals surface area contributed by atoms with Crippen molar-refractivity contribution < 1.29 is 9.53 Å². The van der Waals surface area contributed by atoms with Gasteiger partial charge in [0.1, 0.15) is 18.2 Å². The van der Waals surface area contributed by atoms with Gasteiger partial charge in [-0.25, -0.2) is 14.8 Å². The van der Waals surface area contributed by atoms with Crippen LogP contribution in [0, 0.1) is 0 Å². The molecule has 0 saturated carbocycles. The van der Waals surface area contributed by atoms with Crippen molar-refractivity contribution in [2.45, 2.75) is 32.2 Å². The lowest BCUT2D eigenvalue weighted by molar-refractivity contribution is -0.145. The zero-order valence-electron chi connectivity index (χ0n) is 10.3. The Morgan fingerprint density at radius 1 is 1.61 bits per heavy atom. The third kappa shape index (κ3) is 2.80. The highest BCUT2D eigenvalue weighted by atomic mass is 79.9. The Morgan fingerprint density at radius 3 is 3.17 bits per heavy atom. The molecule has 98 valence electrons. The summed E-state index contributed by atoms with van der Waals surface area (Å²) in [4.78, 5) is 22.2. The van der Waals surface area contributed by atoms with E-state index >= 15 is 0 Å². The van der Waals surface area contributed by atoms with Crippen LogP contribution in [0.25, 0.3) is 0 Å². The van der Waals surface area contributed by atoms with Crippen LogP contribution in [0.15, 0.2) is 17.0 Å². The van der Waals surface area contributed by atoms with Crippen LogP contribution >= 0.6 is 15.9 Å². The SMILES string of the molecule is CCOC(=O)C1CCCCN1c1ncncc1Br. The van der Waals surface area contributed by atoms with Crippen molar-refractivity contribution in [3.63, 3.8) is 0 Å². The molecule has 1 saturated heterocycles. The van der Waals surface area contributed by atoms with Crippen LogP contribution in [0.1, 0.15) is 26.2 Å². The van der Waals surface area contributed by atoms with Gasteiger partial charge in [0, 0.05) is 12.7 Å². The van der Waals surface area contributed by atoms with E-state index in [-0.39, 0.29) is 12.0 Å². The van der Waals surface area contributed by atoms with Crippen LogP contribution < -0.4 is 4.90 Å². The van der Waals surface area contributed by atoms with Crippen molar-refractivity contribution >= 4 is 27.7 Å². The van der Waals surface area contributed by atoms with Crippen molar-refractivity contribution in [3.05, 3.63) is 17.0 Å². The summed E-state index contributed by atoms with van der Waals surface area (Å²) in [5.41, 5.74) is 0. The molecule has 0 amide bonds. The lowest BCUT2D eigenvalue weighted by Gasteiger charge is -2.35. The van der Waals surface area contributed by atoms with E-state index in [4.69, 9.17) is 4.74 Å². The quantitative estimate of drug-likeness (QED) is 0.800. The standard InChI is InChI=1S/C12H16BrN3O2/c1-2-18-12(17)10-5-3-4-6-16(10)11-9(13)7-14-8-15-11/h7-8,10H,2-6H2,1H3. The molecule has 0 radical (unpaired) electrons. The van der Waals surface area contributed by atoms with E-state index in [1.54, 1.807) is 6.20 Å². The molecular formula is C12H16BrN3O2. The molecule has 0 aliphatic carbocycles. The van der Waals surface area contributed by atoms with Crippen molar-refractivity contribution in [2.75, 3.05) is 18.1 Å². The predicted octanol–water partition coefficient (Wildman–Crippen LogP) is 2.16. The smallest absolute Gasteiger partial charge is 0.328 e. The Hall–Kier alpha value is -1.17. The maximum atomic E-state index is 12.0. The van der Waals surface area contributed by atoms with Crippen molar-refractivity contribution in [1.29, 1.82) is 0 Å². The van der Waals surface area contributed by atoms with Crippen molar-refractivity contribution in [1.82, 2.24) is 9.97 Å². The van der Waals surface area contributed by atoms with E-state index in [9.17, 15) is 4.79 Å². The fourth-order valence-corrected chi connectivity index (χ4v) is 2.63. The van der Waals surface area contributed by atoms with Gasteiger partial charge >= 0.3 is 5.97 Å². The topological polar surface area (TPSA) is 55.3 Å². The molecule has 1 aromatic heterocycles. The molecular weight excluding hydrogens is 298 g/mol. The van der Waals surface area contributed by atoms with Crippen LogP contribution in [0.2, 0.25) is 0 Å². The molecule has 5 nitrogen and oxygen atoms in total. The van der Waals surface area contributed by atoms with Gasteiger partial charge in [0.2, 0.25) is 0 Å². The van der Waals surface area contributed by atoms with Gasteiger partial charge in [-0.3, -0.25) is 0 Å². The van der Waals surface area contributed by atoms with E-state index in [1.807, 2.05) is 11.8 Å². The molecule has 0 aromatic carbocycles. The molecule has 2 rings (SSSR count). The van der Waals surface area contributed by atoms with Crippen LogP contribution in [0.4, 0.5) is 5.82 Å². The zero-order valence-corrected chi connectivity index (χ0v) is 11.9. The molecule has 0 bridgehead atoms. The molecule has 1 atom stereocenters. The summed E-state index contributed by atoms with van der Waals surface area (Å²) in [6.07, 6.45) is 6.11. The molecule has 1 aliphatic heterocycles. The van der Waals surface area contributed by atoms with E-state index in [0.29, 0.717) is 6.61 Å². The number of carbonyl (C=O) groups excluding carboxylic acids is 1. The Bertz CT molecular complexity index is 428. The number of rotatable bonds is 3. The number of anilines is 1. The minimum Gasteiger partial charge on any atom is -0.464 e. The van der Waals surface area contributed by atoms with E-state index in [1.165, 1.54) is 6.33 Å². The number of hydrogen-bond donors (Lipinski definition) is 0. The Morgan fingerprint density at radius 2 is 2.44 bits per heavy atom. The molecule has 1 unspecified atom stereocenters. The number of esters is 1. The Kier molecular flexibility index (Phi) is 4.52. The monoisotopic (exact) mass is 313 g/mol. The summed E-state index contributed by atoms with van der Waals surface area (Å²) in [7, 11) is 0. The first kappa shape index (κ1) is 13.3. The molecule has 1 aromatic rings. The summed E-state index contributed by atoms with van der Waals surface area (Å²) < 4.78 is 5.94. The summed E-state index contributed by atoms with van der Waals surface area (Å²) in [6, 6.07) is -0.232. The number of hydrogen-bond acceptors (Lipinski definition) is 5. The highest BCUT2D eigenvalue weighted by molar-refractivity contribution is 9.10. The number of ether oxygens (including phenoxy) is 1. The van der Waals surface area contributed by atoms with Gasteiger partial charge in [0.15, 0.2) is 0 Å².